The minimum atomic E-state index is -1.46. The zero-order chi connectivity index (χ0) is 23.1. The highest BCUT2D eigenvalue weighted by Crippen LogP contribution is 2.73. The van der Waals surface area contributed by atoms with E-state index in [9.17, 15) is 14.4 Å². The van der Waals surface area contributed by atoms with Crippen LogP contribution in [0.2, 0.25) is 0 Å². The first-order valence-corrected chi connectivity index (χ1v) is 11.9. The number of esters is 1. The topological polar surface area (TPSA) is 60.4 Å². The Morgan fingerprint density at radius 3 is 2.48 bits per heavy atom. The number of ether oxygens (including phenoxy) is 1. The van der Waals surface area contributed by atoms with Gasteiger partial charge in [-0.3, -0.25) is 14.4 Å². The number of carbonyl (C=O) groups is 3. The van der Waals surface area contributed by atoms with Gasteiger partial charge in [0, 0.05) is 23.7 Å². The van der Waals surface area contributed by atoms with Gasteiger partial charge in [0.05, 0.1) is 10.3 Å². The summed E-state index contributed by atoms with van der Waals surface area (Å²) < 4.78 is 21.3. The molecule has 9 atom stereocenters. The molecule has 170 valence electrons. The van der Waals surface area contributed by atoms with Gasteiger partial charge in [-0.25, -0.2) is 4.39 Å². The van der Waals surface area contributed by atoms with Crippen LogP contribution in [0.5, 0.6) is 0 Å². The Hall–Kier alpha value is -0.850. The number of hydrogen-bond acceptors (Lipinski definition) is 4. The zero-order valence-corrected chi connectivity index (χ0v) is 20.4. The maximum absolute atomic E-state index is 15.5. The molecule has 4 aliphatic rings. The maximum atomic E-state index is 15.5. The van der Waals surface area contributed by atoms with Crippen molar-refractivity contribution in [3.05, 3.63) is 23.8 Å². The highest BCUT2D eigenvalue weighted by Gasteiger charge is 2.76. The summed E-state index contributed by atoms with van der Waals surface area (Å²) in [5, 5.41) is -1.18. The molecule has 0 heterocycles. The molecule has 3 fully saturated rings. The van der Waals surface area contributed by atoms with Crippen molar-refractivity contribution in [2.75, 3.05) is 0 Å². The number of carbonyl (C=O) groups excluding carboxylic acids is 3. The van der Waals surface area contributed by atoms with Crippen molar-refractivity contribution >= 4 is 52.7 Å². The van der Waals surface area contributed by atoms with Gasteiger partial charge in [0.15, 0.2) is 11.4 Å². The monoisotopic (exact) mass is 488 g/mol. The van der Waals surface area contributed by atoms with E-state index in [-0.39, 0.29) is 24.0 Å². The minimum absolute atomic E-state index is 0.0964. The van der Waals surface area contributed by atoms with Crippen LogP contribution in [-0.4, -0.2) is 38.9 Å². The van der Waals surface area contributed by atoms with E-state index in [1.807, 2.05) is 20.8 Å². The second-order valence-corrected chi connectivity index (χ2v) is 11.6. The highest BCUT2D eigenvalue weighted by atomic mass is 35.5. The number of rotatable bonds is 2. The lowest BCUT2D eigenvalue weighted by Crippen LogP contribution is -2.69. The Morgan fingerprint density at radius 2 is 1.90 bits per heavy atom. The number of fused-ring (bicyclic) bond motifs is 5. The molecule has 0 spiro atoms. The second-order valence-electron chi connectivity index (χ2n) is 10.1. The molecule has 0 aromatic heterocycles. The summed E-state index contributed by atoms with van der Waals surface area (Å²) in [6.45, 7) is 6.87. The van der Waals surface area contributed by atoms with Crippen molar-refractivity contribution in [1.82, 2.24) is 0 Å². The lowest BCUT2D eigenvalue weighted by atomic mass is 9.46. The molecule has 4 aliphatic carbocycles. The molecular weight excluding hydrogens is 462 g/mol. The molecule has 0 aliphatic heterocycles. The summed E-state index contributed by atoms with van der Waals surface area (Å²) in [6.07, 6.45) is 4.04. The van der Waals surface area contributed by atoms with Gasteiger partial charge in [-0.05, 0) is 48.8 Å². The van der Waals surface area contributed by atoms with Gasteiger partial charge in [0.25, 0.3) is 0 Å². The SMILES string of the molecule is CC(=O)O[C@]1(C(=O)S)[C@@H](C)C[C@H]2[C@@H]3C[C@H](F)C4=CC(=O)C=C[C@]4(C)[C@@]3(Cl)[C@@H](Cl)C[C@@]21C. The molecule has 0 bridgehead atoms. The Bertz CT molecular complexity index is 937. The van der Waals surface area contributed by atoms with Crippen molar-refractivity contribution in [2.24, 2.45) is 28.6 Å². The Labute approximate surface area is 197 Å². The number of hydrogen-bond donors (Lipinski definition) is 1. The van der Waals surface area contributed by atoms with E-state index in [0.29, 0.717) is 18.4 Å². The smallest absolute Gasteiger partial charge is 0.303 e. The molecule has 0 aromatic carbocycles. The molecule has 3 saturated carbocycles. The Kier molecular flexibility index (Phi) is 5.32. The first-order valence-electron chi connectivity index (χ1n) is 10.6. The molecule has 0 saturated heterocycles. The van der Waals surface area contributed by atoms with Gasteiger partial charge in [0.2, 0.25) is 5.12 Å². The number of ketones is 1. The molecule has 4 rings (SSSR count). The van der Waals surface area contributed by atoms with Crippen molar-refractivity contribution in [3.63, 3.8) is 0 Å². The lowest BCUT2D eigenvalue weighted by molar-refractivity contribution is -0.187. The van der Waals surface area contributed by atoms with Gasteiger partial charge in [0.1, 0.15) is 6.17 Å². The van der Waals surface area contributed by atoms with Crippen molar-refractivity contribution in [3.8, 4) is 0 Å². The minimum Gasteiger partial charge on any atom is -0.449 e. The van der Waals surface area contributed by atoms with E-state index in [2.05, 4.69) is 12.6 Å². The molecule has 4 nitrogen and oxygen atoms in total. The number of halogens is 3. The normalized spacial score (nSPS) is 50.8. The molecular formula is C23H27Cl2FO4S. The first-order chi connectivity index (χ1) is 14.3. The van der Waals surface area contributed by atoms with Gasteiger partial charge in [-0.15, -0.1) is 35.8 Å². The zero-order valence-electron chi connectivity index (χ0n) is 18.0. The van der Waals surface area contributed by atoms with Crippen LogP contribution in [0.3, 0.4) is 0 Å². The van der Waals surface area contributed by atoms with E-state index in [0.717, 1.165) is 0 Å². The molecule has 0 amide bonds. The number of allylic oxidation sites excluding steroid dienone is 4. The number of alkyl halides is 3. The summed E-state index contributed by atoms with van der Waals surface area (Å²) in [6, 6.07) is 0. The Balaban J connectivity index is 1.89. The van der Waals surface area contributed by atoms with Gasteiger partial charge >= 0.3 is 5.97 Å². The fourth-order valence-corrected chi connectivity index (χ4v) is 9.12. The molecule has 0 aromatic rings. The summed E-state index contributed by atoms with van der Waals surface area (Å²) in [5.74, 6) is -1.76. The average molecular weight is 489 g/mol. The van der Waals surface area contributed by atoms with E-state index in [4.69, 9.17) is 27.9 Å². The van der Waals surface area contributed by atoms with Crippen LogP contribution < -0.4 is 0 Å². The summed E-state index contributed by atoms with van der Waals surface area (Å²) >= 11 is 18.6. The van der Waals surface area contributed by atoms with Crippen LogP contribution in [0.1, 0.15) is 47.0 Å². The quantitative estimate of drug-likeness (QED) is 0.343. The third-order valence-electron chi connectivity index (χ3n) is 8.75. The summed E-state index contributed by atoms with van der Waals surface area (Å²) in [4.78, 5) is 35.9. The van der Waals surface area contributed by atoms with Gasteiger partial charge in [-0.1, -0.05) is 26.8 Å². The van der Waals surface area contributed by atoms with Crippen LogP contribution in [-0.2, 0) is 19.1 Å². The molecule has 0 unspecified atom stereocenters. The fraction of sp³-hybridized carbons (Fsp3) is 0.696. The largest absolute Gasteiger partial charge is 0.449 e. The maximum Gasteiger partial charge on any atom is 0.303 e. The average Bonchev–Trinajstić information content (AvgIpc) is 2.87. The van der Waals surface area contributed by atoms with E-state index >= 15 is 4.39 Å². The molecule has 0 N–H and O–H groups in total. The summed E-state index contributed by atoms with van der Waals surface area (Å²) in [5.41, 5.74) is -2.89. The van der Waals surface area contributed by atoms with Gasteiger partial charge < -0.3 is 4.74 Å². The van der Waals surface area contributed by atoms with E-state index in [1.165, 1.54) is 19.1 Å². The van der Waals surface area contributed by atoms with Crippen LogP contribution >= 0.6 is 35.8 Å². The van der Waals surface area contributed by atoms with Crippen molar-refractivity contribution in [2.45, 2.75) is 69.0 Å². The predicted octanol–water partition coefficient (Wildman–Crippen LogP) is 4.83. The third kappa shape index (κ3) is 2.70. The molecule has 31 heavy (non-hydrogen) atoms. The van der Waals surface area contributed by atoms with Crippen LogP contribution in [0.15, 0.2) is 23.8 Å². The van der Waals surface area contributed by atoms with Crippen LogP contribution in [0, 0.1) is 28.6 Å². The number of thiol groups is 1. The third-order valence-corrected chi connectivity index (χ3v) is 10.6. The first kappa shape index (κ1) is 23.3. The molecule has 0 radical (unpaired) electrons. The summed E-state index contributed by atoms with van der Waals surface area (Å²) in [7, 11) is 0. The van der Waals surface area contributed by atoms with Crippen molar-refractivity contribution in [1.29, 1.82) is 0 Å². The van der Waals surface area contributed by atoms with Crippen LogP contribution in [0.25, 0.3) is 0 Å². The predicted molar refractivity (Wildman–Crippen MR) is 120 cm³/mol. The lowest BCUT2D eigenvalue weighted by Gasteiger charge is -2.64. The van der Waals surface area contributed by atoms with E-state index in [1.54, 1.807) is 6.08 Å². The Morgan fingerprint density at radius 1 is 1.26 bits per heavy atom. The highest BCUT2D eigenvalue weighted by molar-refractivity contribution is 7.96. The second kappa shape index (κ2) is 7.07. The van der Waals surface area contributed by atoms with Gasteiger partial charge in [-0.2, -0.15) is 0 Å². The van der Waals surface area contributed by atoms with Crippen molar-refractivity contribution < 1.29 is 23.5 Å². The fourth-order valence-electron chi connectivity index (χ4n) is 7.40. The molecule has 8 heteroatoms. The van der Waals surface area contributed by atoms with Crippen LogP contribution in [0.4, 0.5) is 4.39 Å². The van der Waals surface area contributed by atoms with E-state index < -0.39 is 49.9 Å². The standard InChI is InChI=1S/C23H27Cl2FO4S/c1-11-7-14-15-9-17(26)16-8-13(28)5-6-20(16,3)22(15,25)18(24)10-21(14,4)23(11,19(29)31)30-12(2)27/h5-6,8,11,14-15,17-18H,7,9-10H2,1-4H3,(H,29,31)/t11-,14-,15-,17-,18-,20-,21-,22-,23-/m0/s1.